The number of halogens is 1. The van der Waals surface area contributed by atoms with Gasteiger partial charge in [0.2, 0.25) is 0 Å². The van der Waals surface area contributed by atoms with Gasteiger partial charge in [0.1, 0.15) is 5.69 Å². The van der Waals surface area contributed by atoms with Crippen molar-refractivity contribution in [2.75, 3.05) is 5.32 Å². The molecule has 4 aromatic rings. The molecule has 2 heterocycles. The maximum absolute atomic E-state index is 12.7. The average molecular weight is 368 g/mol. The van der Waals surface area contributed by atoms with E-state index in [9.17, 15) is 4.79 Å². The number of nitrogens with zero attached hydrogens (tertiary/aromatic N) is 2. The zero-order valence-corrected chi connectivity index (χ0v) is 14.9. The smallest absolute Gasteiger partial charge is 0.273 e. The van der Waals surface area contributed by atoms with Crippen LogP contribution >= 0.6 is 22.9 Å². The van der Waals surface area contributed by atoms with Crippen molar-refractivity contribution in [3.05, 3.63) is 76.4 Å². The summed E-state index contributed by atoms with van der Waals surface area (Å²) in [5, 5.41) is 5.33. The van der Waals surface area contributed by atoms with Crippen molar-refractivity contribution in [3.8, 4) is 11.3 Å². The van der Waals surface area contributed by atoms with Gasteiger partial charge in [0.05, 0.1) is 5.69 Å². The molecular formula is C19H14ClN3OS. The number of hydrogen-bond acceptors (Lipinski definition) is 3. The lowest BCUT2D eigenvalue weighted by Gasteiger charge is -2.08. The summed E-state index contributed by atoms with van der Waals surface area (Å²) in [5.74, 6) is -0.186. The zero-order chi connectivity index (χ0) is 17.4. The highest BCUT2D eigenvalue weighted by molar-refractivity contribution is 7.15. The number of fused-ring (bicyclic) bond motifs is 1. The van der Waals surface area contributed by atoms with E-state index in [4.69, 9.17) is 11.6 Å². The lowest BCUT2D eigenvalue weighted by molar-refractivity contribution is 0.102. The quantitative estimate of drug-likeness (QED) is 0.535. The van der Waals surface area contributed by atoms with E-state index in [0.717, 1.165) is 21.8 Å². The van der Waals surface area contributed by atoms with Crippen molar-refractivity contribution in [1.82, 2.24) is 9.38 Å². The first kappa shape index (κ1) is 15.9. The molecule has 4 nitrogen and oxygen atoms in total. The van der Waals surface area contributed by atoms with E-state index in [2.05, 4.69) is 10.3 Å². The molecule has 4 rings (SSSR count). The second-order valence-electron chi connectivity index (χ2n) is 5.68. The van der Waals surface area contributed by atoms with E-state index >= 15 is 0 Å². The van der Waals surface area contributed by atoms with Crippen LogP contribution in [0.3, 0.4) is 0 Å². The Bertz CT molecular complexity index is 1070. The number of carbonyl (C=O) groups is 1. The summed E-state index contributed by atoms with van der Waals surface area (Å²) in [6.07, 6.45) is 1.89. The summed E-state index contributed by atoms with van der Waals surface area (Å²) < 4.78 is 1.82. The first-order chi connectivity index (χ1) is 12.1. The second-order valence-corrected chi connectivity index (χ2v) is 6.95. The van der Waals surface area contributed by atoms with Gasteiger partial charge in [0, 0.05) is 27.9 Å². The van der Waals surface area contributed by atoms with Gasteiger partial charge in [-0.25, -0.2) is 4.98 Å². The molecule has 0 fully saturated rings. The molecule has 0 saturated carbocycles. The summed E-state index contributed by atoms with van der Waals surface area (Å²) in [7, 11) is 0. The number of benzene rings is 2. The lowest BCUT2D eigenvalue weighted by Crippen LogP contribution is -2.14. The standard InChI is InChI=1S/C19H14ClN3OS/c1-12-7-8-14(20)9-15(12)21-18(24)17-11-25-19-22-16(10-23(17)19)13-5-3-2-4-6-13/h2-11H,1H3,(H,21,24). The topological polar surface area (TPSA) is 46.4 Å². The largest absolute Gasteiger partial charge is 0.320 e. The van der Waals surface area contributed by atoms with Gasteiger partial charge in [0.25, 0.3) is 5.91 Å². The molecular weight excluding hydrogens is 354 g/mol. The third-order valence-electron chi connectivity index (χ3n) is 3.96. The average Bonchev–Trinajstić information content (AvgIpc) is 3.19. The van der Waals surface area contributed by atoms with Crippen LogP contribution in [-0.4, -0.2) is 15.3 Å². The summed E-state index contributed by atoms with van der Waals surface area (Å²) in [6, 6.07) is 15.3. The summed E-state index contributed by atoms with van der Waals surface area (Å²) in [4.78, 5) is 18.1. The van der Waals surface area contributed by atoms with Crippen LogP contribution in [0.15, 0.2) is 60.1 Å². The number of anilines is 1. The first-order valence-electron chi connectivity index (χ1n) is 7.71. The number of carbonyl (C=O) groups excluding carboxylic acids is 1. The zero-order valence-electron chi connectivity index (χ0n) is 13.4. The molecule has 0 saturated heterocycles. The van der Waals surface area contributed by atoms with Gasteiger partial charge >= 0.3 is 0 Å². The van der Waals surface area contributed by atoms with E-state index < -0.39 is 0 Å². The highest BCUT2D eigenvalue weighted by Gasteiger charge is 2.16. The van der Waals surface area contributed by atoms with Crippen molar-refractivity contribution < 1.29 is 4.79 Å². The van der Waals surface area contributed by atoms with E-state index in [1.165, 1.54) is 11.3 Å². The number of hydrogen-bond donors (Lipinski definition) is 1. The minimum atomic E-state index is -0.186. The number of imidazole rings is 1. The fourth-order valence-corrected chi connectivity index (χ4v) is 3.64. The van der Waals surface area contributed by atoms with Crippen molar-refractivity contribution in [2.45, 2.75) is 6.92 Å². The number of rotatable bonds is 3. The molecule has 6 heteroatoms. The minimum absolute atomic E-state index is 0.186. The van der Waals surface area contributed by atoms with Crippen LogP contribution < -0.4 is 5.32 Å². The van der Waals surface area contributed by atoms with Gasteiger partial charge < -0.3 is 5.32 Å². The summed E-state index contributed by atoms with van der Waals surface area (Å²) in [6.45, 7) is 1.93. The van der Waals surface area contributed by atoms with E-state index in [1.54, 1.807) is 12.1 Å². The molecule has 0 bridgehead atoms. The van der Waals surface area contributed by atoms with Gasteiger partial charge in [-0.2, -0.15) is 0 Å². The Hall–Kier alpha value is -2.63. The fourth-order valence-electron chi connectivity index (χ4n) is 2.61. The number of nitrogens with one attached hydrogen (secondary N) is 1. The van der Waals surface area contributed by atoms with Crippen molar-refractivity contribution in [3.63, 3.8) is 0 Å². The lowest BCUT2D eigenvalue weighted by atomic mass is 10.2. The molecule has 2 aromatic carbocycles. The van der Waals surface area contributed by atoms with Gasteiger partial charge in [-0.1, -0.05) is 48.0 Å². The first-order valence-corrected chi connectivity index (χ1v) is 8.97. The van der Waals surface area contributed by atoms with Crippen molar-refractivity contribution >= 4 is 39.5 Å². The van der Waals surface area contributed by atoms with Crippen molar-refractivity contribution in [1.29, 1.82) is 0 Å². The molecule has 0 unspecified atom stereocenters. The highest BCUT2D eigenvalue weighted by atomic mass is 35.5. The van der Waals surface area contributed by atoms with Crippen LogP contribution in [0.5, 0.6) is 0 Å². The Morgan fingerprint density at radius 1 is 1.20 bits per heavy atom. The fraction of sp³-hybridized carbons (Fsp3) is 0.0526. The third-order valence-corrected chi connectivity index (χ3v) is 5.03. The van der Waals surface area contributed by atoms with Gasteiger partial charge in [-0.15, -0.1) is 11.3 Å². The Morgan fingerprint density at radius 3 is 2.80 bits per heavy atom. The predicted octanol–water partition coefficient (Wildman–Crippen LogP) is 5.28. The second kappa shape index (κ2) is 6.35. The third kappa shape index (κ3) is 3.04. The van der Waals surface area contributed by atoms with Gasteiger partial charge in [-0.05, 0) is 24.6 Å². The predicted molar refractivity (Wildman–Crippen MR) is 103 cm³/mol. The molecule has 0 aliphatic carbocycles. The molecule has 124 valence electrons. The maximum atomic E-state index is 12.7. The molecule has 1 N–H and O–H groups in total. The highest BCUT2D eigenvalue weighted by Crippen LogP contribution is 2.25. The minimum Gasteiger partial charge on any atom is -0.320 e. The van der Waals surface area contributed by atoms with E-state index in [0.29, 0.717) is 16.4 Å². The maximum Gasteiger partial charge on any atom is 0.273 e. The molecule has 1 amide bonds. The van der Waals surface area contributed by atoms with Crippen molar-refractivity contribution in [2.24, 2.45) is 0 Å². The van der Waals surface area contributed by atoms with Crippen LogP contribution in [-0.2, 0) is 0 Å². The molecule has 0 atom stereocenters. The number of amides is 1. The van der Waals surface area contributed by atoms with Gasteiger partial charge in [0.15, 0.2) is 4.96 Å². The van der Waals surface area contributed by atoms with E-state index in [-0.39, 0.29) is 5.91 Å². The molecule has 0 spiro atoms. The van der Waals surface area contributed by atoms with Gasteiger partial charge in [-0.3, -0.25) is 9.20 Å². The SMILES string of the molecule is Cc1ccc(Cl)cc1NC(=O)c1csc2nc(-c3ccccc3)cn12. The Morgan fingerprint density at radius 2 is 2.00 bits per heavy atom. The summed E-state index contributed by atoms with van der Waals surface area (Å²) in [5.41, 5.74) is 4.09. The number of aryl methyl sites for hydroxylation is 1. The molecule has 0 radical (unpaired) electrons. The normalized spacial score (nSPS) is 11.0. The van der Waals surface area contributed by atoms with E-state index in [1.807, 2.05) is 59.3 Å². The number of aromatic nitrogens is 2. The molecule has 0 aliphatic rings. The molecule has 25 heavy (non-hydrogen) atoms. The van der Waals surface area contributed by atoms with Crippen LogP contribution in [0.1, 0.15) is 16.1 Å². The number of thiazole rings is 1. The Balaban J connectivity index is 1.68. The molecule has 0 aliphatic heterocycles. The monoisotopic (exact) mass is 367 g/mol. The Labute approximate surface area is 153 Å². The summed E-state index contributed by atoms with van der Waals surface area (Å²) >= 11 is 7.47. The van der Waals surface area contributed by atoms with Crippen LogP contribution in [0.2, 0.25) is 5.02 Å². The van der Waals surface area contributed by atoms with Crippen LogP contribution in [0, 0.1) is 6.92 Å². The van der Waals surface area contributed by atoms with Crippen LogP contribution in [0.25, 0.3) is 16.2 Å². The van der Waals surface area contributed by atoms with Crippen LogP contribution in [0.4, 0.5) is 5.69 Å². The Kier molecular flexibility index (Phi) is 4.03. The molecule has 2 aromatic heterocycles.